The third kappa shape index (κ3) is 5.21. The fraction of sp³-hybridized carbons (Fsp3) is 0.450. The fourth-order valence-corrected chi connectivity index (χ4v) is 3.72. The summed E-state index contributed by atoms with van der Waals surface area (Å²) in [5.41, 5.74) is 3.68. The molecule has 0 fully saturated rings. The number of rotatable bonds is 7. The van der Waals surface area contributed by atoms with Crippen LogP contribution in [0.1, 0.15) is 44.6 Å². The highest BCUT2D eigenvalue weighted by atomic mass is 32.2. The van der Waals surface area contributed by atoms with E-state index in [-0.39, 0.29) is 11.2 Å². The van der Waals surface area contributed by atoms with Gasteiger partial charge in [-0.05, 0) is 46.0 Å². The number of H-pyrrole nitrogens is 1. The van der Waals surface area contributed by atoms with Gasteiger partial charge in [0.1, 0.15) is 0 Å². The number of amides is 1. The molecule has 3 rings (SSSR count). The Morgan fingerprint density at radius 2 is 2.12 bits per heavy atom. The van der Waals surface area contributed by atoms with Gasteiger partial charge in [-0.15, -0.1) is 5.10 Å². The number of benzene rings is 1. The molecule has 1 amide bonds. The molecule has 1 aliphatic rings. The van der Waals surface area contributed by atoms with Crippen molar-refractivity contribution in [2.75, 3.05) is 6.54 Å². The SMILES string of the molecule is Cc1ccc(-c2nc(S[C@H](C)C(=O)NCCC3=CCCCC3)n[nH]2)cc1. The first-order chi connectivity index (χ1) is 12.6. The second-order valence-electron chi connectivity index (χ2n) is 6.74. The van der Waals surface area contributed by atoms with Crippen LogP contribution in [-0.2, 0) is 4.79 Å². The van der Waals surface area contributed by atoms with Crippen molar-refractivity contribution in [3.63, 3.8) is 0 Å². The molecule has 0 saturated heterocycles. The van der Waals surface area contributed by atoms with E-state index in [0.29, 0.717) is 11.7 Å². The molecule has 1 aromatic carbocycles. The Labute approximate surface area is 159 Å². The number of carbonyl (C=O) groups excluding carboxylic acids is 1. The van der Waals surface area contributed by atoms with Gasteiger partial charge in [0.15, 0.2) is 5.82 Å². The van der Waals surface area contributed by atoms with Crippen molar-refractivity contribution in [3.8, 4) is 11.4 Å². The molecular weight excluding hydrogens is 344 g/mol. The largest absolute Gasteiger partial charge is 0.355 e. The van der Waals surface area contributed by atoms with Crippen LogP contribution in [-0.4, -0.2) is 32.9 Å². The van der Waals surface area contributed by atoms with Crippen LogP contribution in [0.4, 0.5) is 0 Å². The Bertz CT molecular complexity index is 766. The molecule has 138 valence electrons. The van der Waals surface area contributed by atoms with Gasteiger partial charge in [0.05, 0.1) is 5.25 Å². The van der Waals surface area contributed by atoms with Crippen LogP contribution >= 0.6 is 11.8 Å². The molecule has 0 spiro atoms. The van der Waals surface area contributed by atoms with Crippen molar-refractivity contribution in [2.45, 2.75) is 56.4 Å². The summed E-state index contributed by atoms with van der Waals surface area (Å²) in [4.78, 5) is 16.8. The zero-order valence-electron chi connectivity index (χ0n) is 15.4. The number of allylic oxidation sites excluding steroid dienone is 1. The lowest BCUT2D eigenvalue weighted by Crippen LogP contribution is -2.32. The number of carbonyl (C=O) groups is 1. The van der Waals surface area contributed by atoms with Gasteiger partial charge >= 0.3 is 0 Å². The predicted molar refractivity (Wildman–Crippen MR) is 106 cm³/mol. The van der Waals surface area contributed by atoms with E-state index in [1.165, 1.54) is 48.6 Å². The van der Waals surface area contributed by atoms with E-state index in [4.69, 9.17) is 0 Å². The Morgan fingerprint density at radius 1 is 1.31 bits per heavy atom. The van der Waals surface area contributed by atoms with E-state index in [1.807, 2.05) is 31.2 Å². The molecule has 2 aromatic rings. The zero-order valence-corrected chi connectivity index (χ0v) is 16.2. The molecule has 0 radical (unpaired) electrons. The van der Waals surface area contributed by atoms with Gasteiger partial charge in [-0.1, -0.05) is 53.2 Å². The van der Waals surface area contributed by atoms with Gasteiger partial charge in [-0.2, -0.15) is 0 Å². The van der Waals surface area contributed by atoms with Gasteiger partial charge in [0.2, 0.25) is 11.1 Å². The minimum Gasteiger partial charge on any atom is -0.355 e. The fourth-order valence-electron chi connectivity index (χ4n) is 2.97. The first-order valence-electron chi connectivity index (χ1n) is 9.23. The first-order valence-corrected chi connectivity index (χ1v) is 10.1. The summed E-state index contributed by atoms with van der Waals surface area (Å²) in [6.07, 6.45) is 8.23. The summed E-state index contributed by atoms with van der Waals surface area (Å²) in [7, 11) is 0. The quantitative estimate of drug-likeness (QED) is 0.564. The second-order valence-corrected chi connectivity index (χ2v) is 8.05. The third-order valence-electron chi connectivity index (χ3n) is 4.57. The predicted octanol–water partition coefficient (Wildman–Crippen LogP) is 4.27. The monoisotopic (exact) mass is 370 g/mol. The summed E-state index contributed by atoms with van der Waals surface area (Å²) in [6.45, 7) is 4.65. The Balaban J connectivity index is 1.48. The molecule has 0 bridgehead atoms. The molecule has 6 heteroatoms. The van der Waals surface area contributed by atoms with Crippen molar-refractivity contribution < 1.29 is 4.79 Å². The number of nitrogens with zero attached hydrogens (tertiary/aromatic N) is 2. The molecule has 1 aliphatic carbocycles. The molecular formula is C20H26N4OS. The van der Waals surface area contributed by atoms with E-state index in [9.17, 15) is 4.79 Å². The van der Waals surface area contributed by atoms with Crippen LogP contribution in [0.3, 0.4) is 0 Å². The van der Waals surface area contributed by atoms with E-state index in [2.05, 4.69) is 33.5 Å². The van der Waals surface area contributed by atoms with Crippen molar-refractivity contribution in [1.82, 2.24) is 20.5 Å². The normalized spacial score (nSPS) is 15.4. The van der Waals surface area contributed by atoms with Crippen LogP contribution in [0.5, 0.6) is 0 Å². The number of aromatic nitrogens is 3. The molecule has 26 heavy (non-hydrogen) atoms. The maximum absolute atomic E-state index is 12.3. The highest BCUT2D eigenvalue weighted by Crippen LogP contribution is 2.23. The molecule has 1 aromatic heterocycles. The summed E-state index contributed by atoms with van der Waals surface area (Å²) in [6, 6.07) is 8.12. The number of thioether (sulfide) groups is 1. The van der Waals surface area contributed by atoms with E-state index in [1.54, 1.807) is 0 Å². The Kier molecular flexibility index (Phi) is 6.50. The first kappa shape index (κ1) is 18.7. The minimum absolute atomic E-state index is 0.0353. The van der Waals surface area contributed by atoms with Crippen molar-refractivity contribution in [1.29, 1.82) is 0 Å². The van der Waals surface area contributed by atoms with Crippen LogP contribution < -0.4 is 5.32 Å². The molecule has 1 heterocycles. The maximum atomic E-state index is 12.3. The van der Waals surface area contributed by atoms with Crippen LogP contribution in [0.2, 0.25) is 0 Å². The maximum Gasteiger partial charge on any atom is 0.233 e. The van der Waals surface area contributed by atoms with Crippen LogP contribution in [0.25, 0.3) is 11.4 Å². The third-order valence-corrected chi connectivity index (χ3v) is 5.53. The van der Waals surface area contributed by atoms with Crippen molar-refractivity contribution in [3.05, 3.63) is 41.5 Å². The van der Waals surface area contributed by atoms with Crippen LogP contribution in [0, 0.1) is 6.92 Å². The van der Waals surface area contributed by atoms with Crippen molar-refractivity contribution >= 4 is 17.7 Å². The molecule has 1 atom stereocenters. The number of hydrogen-bond donors (Lipinski definition) is 2. The molecule has 0 unspecified atom stereocenters. The number of nitrogens with one attached hydrogen (secondary N) is 2. The van der Waals surface area contributed by atoms with Gasteiger partial charge in [-0.25, -0.2) is 4.98 Å². The van der Waals surface area contributed by atoms with Gasteiger partial charge in [-0.3, -0.25) is 9.89 Å². The topological polar surface area (TPSA) is 70.7 Å². The average molecular weight is 371 g/mol. The van der Waals surface area contributed by atoms with E-state index >= 15 is 0 Å². The summed E-state index contributed by atoms with van der Waals surface area (Å²) >= 11 is 1.38. The van der Waals surface area contributed by atoms with Crippen LogP contribution in [0.15, 0.2) is 41.1 Å². The Morgan fingerprint density at radius 3 is 2.85 bits per heavy atom. The van der Waals surface area contributed by atoms with Gasteiger partial charge in [0.25, 0.3) is 0 Å². The number of aromatic amines is 1. The standard InChI is InChI=1S/C20H26N4OS/c1-14-8-10-17(11-9-14)18-22-20(24-23-18)26-15(2)19(25)21-13-12-16-6-4-3-5-7-16/h6,8-11,15H,3-5,7,12-13H2,1-2H3,(H,21,25)(H,22,23,24)/t15-/m1/s1. The lowest BCUT2D eigenvalue weighted by molar-refractivity contribution is -0.120. The molecule has 5 nitrogen and oxygen atoms in total. The minimum atomic E-state index is -0.225. The number of aryl methyl sites for hydroxylation is 1. The van der Waals surface area contributed by atoms with E-state index in [0.717, 1.165) is 17.8 Å². The molecule has 0 aliphatic heterocycles. The van der Waals surface area contributed by atoms with Gasteiger partial charge < -0.3 is 5.32 Å². The molecule has 2 N–H and O–H groups in total. The zero-order chi connectivity index (χ0) is 18.4. The lowest BCUT2D eigenvalue weighted by Gasteiger charge is -2.14. The highest BCUT2D eigenvalue weighted by Gasteiger charge is 2.17. The average Bonchev–Trinajstić information content (AvgIpc) is 3.11. The van der Waals surface area contributed by atoms with E-state index < -0.39 is 0 Å². The summed E-state index contributed by atoms with van der Waals surface area (Å²) in [5, 5.41) is 10.6. The Hall–Kier alpha value is -2.08. The highest BCUT2D eigenvalue weighted by molar-refractivity contribution is 8.00. The lowest BCUT2D eigenvalue weighted by atomic mass is 9.97. The summed E-state index contributed by atoms with van der Waals surface area (Å²) in [5.74, 6) is 0.762. The smallest absolute Gasteiger partial charge is 0.233 e. The van der Waals surface area contributed by atoms with Gasteiger partial charge in [0, 0.05) is 12.1 Å². The molecule has 0 saturated carbocycles. The van der Waals surface area contributed by atoms with Crippen molar-refractivity contribution in [2.24, 2.45) is 0 Å². The summed E-state index contributed by atoms with van der Waals surface area (Å²) < 4.78 is 0. The number of hydrogen-bond acceptors (Lipinski definition) is 4. The second kappa shape index (κ2) is 9.03.